The number of carbonyl (C=O) groups excluding carboxylic acids is 1. The second-order valence-corrected chi connectivity index (χ2v) is 5.94. The van der Waals surface area contributed by atoms with E-state index in [9.17, 15) is 18.0 Å². The van der Waals surface area contributed by atoms with Crippen LogP contribution in [0.4, 0.5) is 13.2 Å². The number of hydrogen-bond donors (Lipinski definition) is 2. The Morgan fingerprint density at radius 3 is 2.17 bits per heavy atom. The molecule has 0 amide bonds. The summed E-state index contributed by atoms with van der Waals surface area (Å²) in [5, 5.41) is 10.6. The van der Waals surface area contributed by atoms with E-state index in [0.29, 0.717) is 17.6 Å². The number of piperidine rings is 1. The van der Waals surface area contributed by atoms with Gasteiger partial charge in [-0.1, -0.05) is 0 Å². The third-order valence-corrected chi connectivity index (χ3v) is 4.15. The fourth-order valence-corrected chi connectivity index (χ4v) is 3.22. The molecule has 23 heavy (non-hydrogen) atoms. The molecule has 2 aliphatic rings. The minimum Gasteiger partial charge on any atom is -0.475 e. The van der Waals surface area contributed by atoms with E-state index in [0.717, 1.165) is 25.9 Å². The molecule has 1 aromatic heterocycles. The van der Waals surface area contributed by atoms with Gasteiger partial charge in [0.25, 0.3) is 0 Å². The standard InChI is InChI=1S/C13H17NO2.C2HF3O2/c15-13(12-2-1-3-16-12)11-5-9-4-10(6-11)8-14-7-9;3-2(4,5)1(6)7/h1-3,9-11,14H,4-8H2;(H,6,7). The number of halogens is 3. The number of nitrogens with one attached hydrogen (secondary N) is 1. The number of Topliss-reactive ketones (excluding diaryl/α,β-unsaturated/α-hetero) is 1. The molecule has 128 valence electrons. The number of furan rings is 1. The van der Waals surface area contributed by atoms with Crippen LogP contribution < -0.4 is 5.32 Å². The Kier molecular flexibility index (Phi) is 5.46. The SMILES string of the molecule is O=C(O)C(F)(F)F.O=C(c1ccco1)C1CC2CNCC(C2)C1. The summed E-state index contributed by atoms with van der Waals surface area (Å²) in [6, 6.07) is 3.57. The van der Waals surface area contributed by atoms with Crippen LogP contribution in [0.25, 0.3) is 0 Å². The van der Waals surface area contributed by atoms with E-state index >= 15 is 0 Å². The van der Waals surface area contributed by atoms with Gasteiger partial charge in [-0.15, -0.1) is 0 Å². The maximum Gasteiger partial charge on any atom is 0.490 e. The topological polar surface area (TPSA) is 79.5 Å². The molecular formula is C15H18F3NO4. The number of carbonyl (C=O) groups is 2. The number of fused-ring (bicyclic) bond motifs is 2. The quantitative estimate of drug-likeness (QED) is 0.814. The van der Waals surface area contributed by atoms with E-state index in [4.69, 9.17) is 14.3 Å². The van der Waals surface area contributed by atoms with Crippen LogP contribution in [0, 0.1) is 17.8 Å². The van der Waals surface area contributed by atoms with Crippen LogP contribution in [0.5, 0.6) is 0 Å². The monoisotopic (exact) mass is 333 g/mol. The van der Waals surface area contributed by atoms with Gasteiger partial charge in [0.1, 0.15) is 0 Å². The Bertz CT molecular complexity index is 529. The highest BCUT2D eigenvalue weighted by molar-refractivity contribution is 5.95. The minimum atomic E-state index is -5.08. The van der Waals surface area contributed by atoms with Crippen molar-refractivity contribution in [3.63, 3.8) is 0 Å². The summed E-state index contributed by atoms with van der Waals surface area (Å²) in [6.07, 6.45) is -0.139. The van der Waals surface area contributed by atoms with Crippen LogP contribution in [0.15, 0.2) is 22.8 Å². The highest BCUT2D eigenvalue weighted by Crippen LogP contribution is 2.36. The van der Waals surface area contributed by atoms with E-state index in [1.165, 1.54) is 6.42 Å². The van der Waals surface area contributed by atoms with E-state index in [1.807, 2.05) is 0 Å². The first-order valence-electron chi connectivity index (χ1n) is 7.36. The molecule has 2 fully saturated rings. The maximum absolute atomic E-state index is 12.2. The lowest BCUT2D eigenvalue weighted by Gasteiger charge is -2.38. The van der Waals surface area contributed by atoms with Gasteiger partial charge in [0, 0.05) is 5.92 Å². The van der Waals surface area contributed by atoms with E-state index < -0.39 is 12.1 Å². The lowest BCUT2D eigenvalue weighted by molar-refractivity contribution is -0.192. The molecule has 2 N–H and O–H groups in total. The number of hydrogen-bond acceptors (Lipinski definition) is 4. The fraction of sp³-hybridized carbons (Fsp3) is 0.600. The molecule has 1 saturated heterocycles. The Labute approximate surface area is 130 Å². The first kappa shape index (κ1) is 17.5. The zero-order chi connectivity index (χ0) is 17.0. The van der Waals surface area contributed by atoms with Gasteiger partial charge in [-0.2, -0.15) is 13.2 Å². The second-order valence-electron chi connectivity index (χ2n) is 5.94. The van der Waals surface area contributed by atoms with Crippen molar-refractivity contribution in [3.8, 4) is 0 Å². The van der Waals surface area contributed by atoms with Crippen molar-refractivity contribution < 1.29 is 32.3 Å². The molecule has 0 spiro atoms. The molecule has 1 aromatic rings. The van der Waals surface area contributed by atoms with Gasteiger partial charge >= 0.3 is 12.1 Å². The summed E-state index contributed by atoms with van der Waals surface area (Å²) < 4.78 is 36.9. The van der Waals surface area contributed by atoms with Gasteiger partial charge in [-0.25, -0.2) is 4.79 Å². The molecule has 2 unspecified atom stereocenters. The van der Waals surface area contributed by atoms with Crippen molar-refractivity contribution in [2.45, 2.75) is 25.4 Å². The van der Waals surface area contributed by atoms with Crippen molar-refractivity contribution in [2.24, 2.45) is 17.8 Å². The van der Waals surface area contributed by atoms with Crippen LogP contribution in [-0.2, 0) is 4.79 Å². The lowest BCUT2D eigenvalue weighted by Crippen LogP contribution is -2.43. The van der Waals surface area contributed by atoms with Crippen molar-refractivity contribution in [2.75, 3.05) is 13.1 Å². The molecule has 8 heteroatoms. The molecule has 5 nitrogen and oxygen atoms in total. The molecule has 2 bridgehead atoms. The zero-order valence-electron chi connectivity index (χ0n) is 12.3. The molecule has 1 aliphatic carbocycles. The number of rotatable bonds is 2. The van der Waals surface area contributed by atoms with Gasteiger partial charge in [0.2, 0.25) is 5.78 Å². The highest BCUT2D eigenvalue weighted by atomic mass is 19.4. The summed E-state index contributed by atoms with van der Waals surface area (Å²) in [5.41, 5.74) is 0. The first-order chi connectivity index (χ1) is 10.8. The van der Waals surface area contributed by atoms with Crippen molar-refractivity contribution in [3.05, 3.63) is 24.2 Å². The normalized spacial score (nSPS) is 26.8. The van der Waals surface area contributed by atoms with Crippen LogP contribution in [0.2, 0.25) is 0 Å². The number of carboxylic acid groups (broad SMARTS) is 1. The van der Waals surface area contributed by atoms with E-state index in [1.54, 1.807) is 18.4 Å². The van der Waals surface area contributed by atoms with Gasteiger partial charge in [0.15, 0.2) is 5.76 Å². The van der Waals surface area contributed by atoms with Gasteiger partial charge in [0.05, 0.1) is 6.26 Å². The third-order valence-electron chi connectivity index (χ3n) is 4.15. The summed E-state index contributed by atoms with van der Waals surface area (Å²) in [7, 11) is 0. The molecule has 1 saturated carbocycles. The Morgan fingerprint density at radius 1 is 1.17 bits per heavy atom. The lowest BCUT2D eigenvalue weighted by atomic mass is 9.71. The van der Waals surface area contributed by atoms with E-state index in [2.05, 4.69) is 5.32 Å². The largest absolute Gasteiger partial charge is 0.490 e. The summed E-state index contributed by atoms with van der Waals surface area (Å²) in [4.78, 5) is 21.1. The Balaban J connectivity index is 0.000000236. The first-order valence-corrected chi connectivity index (χ1v) is 7.36. The van der Waals surface area contributed by atoms with Crippen molar-refractivity contribution in [1.29, 1.82) is 0 Å². The predicted molar refractivity (Wildman–Crippen MR) is 73.9 cm³/mol. The second kappa shape index (κ2) is 7.16. The molecule has 2 atom stereocenters. The van der Waals surface area contributed by atoms with Gasteiger partial charge in [-0.3, -0.25) is 4.79 Å². The minimum absolute atomic E-state index is 0.192. The number of alkyl halides is 3. The summed E-state index contributed by atoms with van der Waals surface area (Å²) >= 11 is 0. The average Bonchev–Trinajstić information content (AvgIpc) is 2.99. The number of ketones is 1. The van der Waals surface area contributed by atoms with E-state index in [-0.39, 0.29) is 11.7 Å². The van der Waals surface area contributed by atoms with Gasteiger partial charge in [-0.05, 0) is 56.3 Å². The molecule has 1 aliphatic heterocycles. The molecule has 3 rings (SSSR count). The number of carboxylic acids is 1. The smallest absolute Gasteiger partial charge is 0.475 e. The average molecular weight is 333 g/mol. The van der Waals surface area contributed by atoms with Crippen LogP contribution in [-0.4, -0.2) is 36.1 Å². The predicted octanol–water partition coefficient (Wildman–Crippen LogP) is 2.73. The van der Waals surface area contributed by atoms with Crippen LogP contribution in [0.1, 0.15) is 29.8 Å². The van der Waals surface area contributed by atoms with Crippen LogP contribution in [0.3, 0.4) is 0 Å². The molecule has 0 radical (unpaired) electrons. The highest BCUT2D eigenvalue weighted by Gasteiger charge is 2.38. The van der Waals surface area contributed by atoms with Crippen molar-refractivity contribution in [1.82, 2.24) is 5.32 Å². The third kappa shape index (κ3) is 4.82. The van der Waals surface area contributed by atoms with Crippen LogP contribution >= 0.6 is 0 Å². The zero-order valence-corrected chi connectivity index (χ0v) is 12.3. The molecule has 0 aromatic carbocycles. The summed E-state index contributed by atoms with van der Waals surface area (Å²) in [5.74, 6) is -0.433. The fourth-order valence-electron chi connectivity index (χ4n) is 3.22. The van der Waals surface area contributed by atoms with Crippen molar-refractivity contribution >= 4 is 11.8 Å². The molecule has 2 heterocycles. The maximum atomic E-state index is 12.2. The number of aliphatic carboxylic acids is 1. The Hall–Kier alpha value is -1.83. The summed E-state index contributed by atoms with van der Waals surface area (Å²) in [6.45, 7) is 2.16. The van der Waals surface area contributed by atoms with Gasteiger partial charge < -0.3 is 14.8 Å². The molecular weight excluding hydrogens is 315 g/mol. The Morgan fingerprint density at radius 2 is 1.74 bits per heavy atom.